The van der Waals surface area contributed by atoms with Crippen molar-refractivity contribution in [2.24, 2.45) is 0 Å². The predicted octanol–water partition coefficient (Wildman–Crippen LogP) is 5.55. The minimum Gasteiger partial charge on any atom is -0.487 e. The number of nitrogens with one attached hydrogen (secondary N) is 2. The van der Waals surface area contributed by atoms with Gasteiger partial charge in [0.05, 0.1) is 6.04 Å². The predicted molar refractivity (Wildman–Crippen MR) is 132 cm³/mol. The molecule has 0 saturated carbocycles. The first-order valence-corrected chi connectivity index (χ1v) is 11.8. The topological polar surface area (TPSA) is 67.4 Å². The Morgan fingerprint density at radius 1 is 1.09 bits per heavy atom. The highest BCUT2D eigenvalue weighted by atomic mass is 32.1. The molecule has 0 spiro atoms. The molecular weight excluding hydrogens is 432 g/mol. The van der Waals surface area contributed by atoms with Crippen LogP contribution < -0.4 is 15.4 Å². The van der Waals surface area contributed by atoms with Gasteiger partial charge in [0.2, 0.25) is 0 Å². The summed E-state index contributed by atoms with van der Waals surface area (Å²) >= 11 is 1.50. The molecule has 1 unspecified atom stereocenters. The summed E-state index contributed by atoms with van der Waals surface area (Å²) in [6, 6.07) is 16.9. The molecule has 2 amide bonds. The summed E-state index contributed by atoms with van der Waals surface area (Å²) in [7, 11) is 0. The third kappa shape index (κ3) is 5.34. The van der Waals surface area contributed by atoms with Crippen molar-refractivity contribution in [1.82, 2.24) is 10.6 Å². The van der Waals surface area contributed by atoms with E-state index in [1.165, 1.54) is 11.3 Å². The zero-order valence-corrected chi connectivity index (χ0v) is 20.1. The van der Waals surface area contributed by atoms with E-state index in [1.54, 1.807) is 12.1 Å². The van der Waals surface area contributed by atoms with Crippen LogP contribution in [0.1, 0.15) is 58.2 Å². The lowest BCUT2D eigenvalue weighted by molar-refractivity contribution is -0.119. The third-order valence-electron chi connectivity index (χ3n) is 5.64. The third-order valence-corrected chi connectivity index (χ3v) is 6.46. The Bertz CT molecular complexity index is 1210. The summed E-state index contributed by atoms with van der Waals surface area (Å²) in [5.74, 6) is 0.137. The molecule has 170 valence electrons. The SMILES string of the molecule is Cc1ccc2c(c1)OC(C)(C)CC2NC(=O)/C(=C/c1cccs1)NC(=O)c1ccccc1C. The molecule has 1 atom stereocenters. The molecule has 2 N–H and O–H groups in total. The summed E-state index contributed by atoms with van der Waals surface area (Å²) < 4.78 is 6.16. The van der Waals surface area contributed by atoms with Crippen LogP contribution in [0, 0.1) is 13.8 Å². The molecule has 3 aromatic rings. The fourth-order valence-electron chi connectivity index (χ4n) is 4.01. The van der Waals surface area contributed by atoms with E-state index in [9.17, 15) is 9.59 Å². The van der Waals surface area contributed by atoms with E-state index >= 15 is 0 Å². The number of amides is 2. The summed E-state index contributed by atoms with van der Waals surface area (Å²) in [6.07, 6.45) is 2.34. The van der Waals surface area contributed by atoms with Crippen LogP contribution in [0.15, 0.2) is 65.7 Å². The minimum absolute atomic E-state index is 0.212. The first-order chi connectivity index (χ1) is 15.7. The molecule has 4 rings (SSSR count). The van der Waals surface area contributed by atoms with Gasteiger partial charge in [0.1, 0.15) is 17.0 Å². The molecule has 0 aliphatic carbocycles. The number of fused-ring (bicyclic) bond motifs is 1. The molecule has 0 radical (unpaired) electrons. The molecular formula is C27H28N2O3S. The van der Waals surface area contributed by atoms with E-state index in [2.05, 4.69) is 10.6 Å². The minimum atomic E-state index is -0.430. The van der Waals surface area contributed by atoms with Crippen LogP contribution in [-0.2, 0) is 4.79 Å². The van der Waals surface area contributed by atoms with Gasteiger partial charge >= 0.3 is 0 Å². The number of carbonyl (C=O) groups excluding carboxylic acids is 2. The molecule has 33 heavy (non-hydrogen) atoms. The van der Waals surface area contributed by atoms with Gasteiger partial charge in [0.25, 0.3) is 11.8 Å². The van der Waals surface area contributed by atoms with Crippen LogP contribution in [0.5, 0.6) is 5.75 Å². The first kappa shape index (κ1) is 22.8. The normalized spacial score (nSPS) is 17.0. The van der Waals surface area contributed by atoms with E-state index in [0.29, 0.717) is 12.0 Å². The van der Waals surface area contributed by atoms with E-state index in [1.807, 2.05) is 81.6 Å². The first-order valence-electron chi connectivity index (χ1n) is 10.9. The van der Waals surface area contributed by atoms with Gasteiger partial charge in [-0.3, -0.25) is 9.59 Å². The maximum atomic E-state index is 13.4. The Morgan fingerprint density at radius 2 is 1.88 bits per heavy atom. The van der Waals surface area contributed by atoms with Crippen molar-refractivity contribution in [3.05, 3.63) is 92.8 Å². The Balaban J connectivity index is 1.62. The Hall–Kier alpha value is -3.38. The van der Waals surface area contributed by atoms with Crippen LogP contribution >= 0.6 is 11.3 Å². The number of thiophene rings is 1. The number of hydrogen-bond donors (Lipinski definition) is 2. The van der Waals surface area contributed by atoms with Gasteiger partial charge in [0, 0.05) is 22.4 Å². The number of benzene rings is 2. The van der Waals surface area contributed by atoms with Gasteiger partial charge in [-0.05, 0) is 68.5 Å². The molecule has 6 heteroatoms. The quantitative estimate of drug-likeness (QED) is 0.490. The Morgan fingerprint density at radius 3 is 2.61 bits per heavy atom. The second kappa shape index (κ2) is 9.24. The van der Waals surface area contributed by atoms with Crippen LogP contribution in [0.2, 0.25) is 0 Å². The Labute approximate surface area is 198 Å². The van der Waals surface area contributed by atoms with Gasteiger partial charge < -0.3 is 15.4 Å². The number of carbonyl (C=O) groups is 2. The largest absolute Gasteiger partial charge is 0.487 e. The molecule has 2 aromatic carbocycles. The van der Waals surface area contributed by atoms with Gasteiger partial charge in [-0.2, -0.15) is 0 Å². The highest BCUT2D eigenvalue weighted by Crippen LogP contribution is 2.40. The molecule has 1 aromatic heterocycles. The zero-order valence-electron chi connectivity index (χ0n) is 19.3. The van der Waals surface area contributed by atoms with Crippen LogP contribution in [0.25, 0.3) is 6.08 Å². The highest BCUT2D eigenvalue weighted by molar-refractivity contribution is 7.10. The zero-order chi connectivity index (χ0) is 23.6. The molecule has 0 saturated heterocycles. The van der Waals surface area contributed by atoms with Crippen molar-refractivity contribution in [2.75, 3.05) is 0 Å². The standard InChI is InChI=1S/C27H28N2O3S/c1-17-11-12-21-23(16-27(3,4)32-24(21)14-17)29-26(31)22(15-19-9-7-13-33-19)28-25(30)20-10-6-5-8-18(20)2/h5-15,23H,16H2,1-4H3,(H,28,30)(H,29,31)/b22-15-. The summed E-state index contributed by atoms with van der Waals surface area (Å²) in [5, 5.41) is 7.91. The van der Waals surface area contributed by atoms with E-state index in [4.69, 9.17) is 4.74 Å². The second-order valence-electron chi connectivity index (χ2n) is 8.98. The molecule has 0 bridgehead atoms. The smallest absolute Gasteiger partial charge is 0.268 e. The van der Waals surface area contributed by atoms with Gasteiger partial charge in [-0.1, -0.05) is 36.4 Å². The monoisotopic (exact) mass is 460 g/mol. The Kier molecular flexibility index (Phi) is 6.38. The second-order valence-corrected chi connectivity index (χ2v) is 9.95. The average Bonchev–Trinajstić information content (AvgIpc) is 3.25. The van der Waals surface area contributed by atoms with Gasteiger partial charge in [-0.15, -0.1) is 11.3 Å². The van der Waals surface area contributed by atoms with Crippen molar-refractivity contribution in [2.45, 2.75) is 45.8 Å². The summed E-state index contributed by atoms with van der Waals surface area (Å²) in [5.41, 5.74) is 3.20. The van der Waals surface area contributed by atoms with Crippen molar-refractivity contribution < 1.29 is 14.3 Å². The maximum absolute atomic E-state index is 13.4. The molecule has 5 nitrogen and oxygen atoms in total. The fourth-order valence-corrected chi connectivity index (χ4v) is 4.67. The number of rotatable bonds is 5. The van der Waals surface area contributed by atoms with Gasteiger partial charge in [0.15, 0.2) is 0 Å². The van der Waals surface area contributed by atoms with Gasteiger partial charge in [-0.25, -0.2) is 0 Å². The maximum Gasteiger partial charge on any atom is 0.268 e. The van der Waals surface area contributed by atoms with Crippen molar-refractivity contribution in [1.29, 1.82) is 0 Å². The average molecular weight is 461 g/mol. The molecule has 2 heterocycles. The van der Waals surface area contributed by atoms with Crippen molar-refractivity contribution in [3.63, 3.8) is 0 Å². The van der Waals surface area contributed by atoms with Crippen LogP contribution in [0.4, 0.5) is 0 Å². The number of hydrogen-bond acceptors (Lipinski definition) is 4. The van der Waals surface area contributed by atoms with E-state index in [0.717, 1.165) is 27.3 Å². The van der Waals surface area contributed by atoms with Crippen LogP contribution in [0.3, 0.4) is 0 Å². The number of aryl methyl sites for hydroxylation is 2. The van der Waals surface area contributed by atoms with E-state index in [-0.39, 0.29) is 23.6 Å². The summed E-state index contributed by atoms with van der Waals surface area (Å²) in [4.78, 5) is 27.3. The lowest BCUT2D eigenvalue weighted by Gasteiger charge is -2.38. The lowest BCUT2D eigenvalue weighted by Crippen LogP contribution is -2.43. The molecule has 1 aliphatic rings. The number of ether oxygens (including phenoxy) is 1. The van der Waals surface area contributed by atoms with Crippen molar-refractivity contribution >= 4 is 29.2 Å². The van der Waals surface area contributed by atoms with E-state index < -0.39 is 5.60 Å². The molecule has 0 fully saturated rings. The highest BCUT2D eigenvalue weighted by Gasteiger charge is 2.35. The molecule has 1 aliphatic heterocycles. The van der Waals surface area contributed by atoms with Crippen molar-refractivity contribution in [3.8, 4) is 5.75 Å². The fraction of sp³-hybridized carbons (Fsp3) is 0.259. The lowest BCUT2D eigenvalue weighted by atomic mass is 9.89. The van der Waals surface area contributed by atoms with Crippen LogP contribution in [-0.4, -0.2) is 17.4 Å². The summed E-state index contributed by atoms with van der Waals surface area (Å²) in [6.45, 7) is 7.92.